The number of benzene rings is 2. The first-order chi connectivity index (χ1) is 13.1. The van der Waals surface area contributed by atoms with E-state index in [0.29, 0.717) is 10.8 Å². The van der Waals surface area contributed by atoms with Gasteiger partial charge in [-0.1, -0.05) is 11.6 Å². The highest BCUT2D eigenvalue weighted by Crippen LogP contribution is 2.27. The van der Waals surface area contributed by atoms with Gasteiger partial charge in [-0.05, 0) is 55.5 Å². The predicted octanol–water partition coefficient (Wildman–Crippen LogP) is 5.68. The zero-order valence-corrected chi connectivity index (χ0v) is 16.0. The molecule has 0 aliphatic rings. The van der Waals surface area contributed by atoms with Gasteiger partial charge in [-0.3, -0.25) is 0 Å². The summed E-state index contributed by atoms with van der Waals surface area (Å²) in [4.78, 5) is 10.0. The van der Waals surface area contributed by atoms with E-state index in [2.05, 4.69) is 4.98 Å². The van der Waals surface area contributed by atoms with Gasteiger partial charge < -0.3 is 9.30 Å². The van der Waals surface area contributed by atoms with Crippen molar-refractivity contribution in [3.63, 3.8) is 0 Å². The second-order valence-corrected chi connectivity index (χ2v) is 7.55. The predicted molar refractivity (Wildman–Crippen MR) is 105 cm³/mol. The van der Waals surface area contributed by atoms with Crippen LogP contribution in [-0.4, -0.2) is 14.5 Å². The molecule has 0 aliphatic carbocycles. The quantitative estimate of drug-likeness (QED) is 0.433. The zero-order chi connectivity index (χ0) is 18.8. The monoisotopic (exact) mass is 399 g/mol. The minimum absolute atomic E-state index is 0.242. The molecule has 2 aromatic carbocycles. The van der Waals surface area contributed by atoms with Gasteiger partial charge in [0.25, 0.3) is 0 Å². The Hall–Kier alpha value is -2.70. The molecule has 0 aliphatic heterocycles. The fourth-order valence-corrected chi connectivity index (χ4v) is 3.48. The van der Waals surface area contributed by atoms with E-state index in [1.165, 1.54) is 12.1 Å². The molecule has 27 heavy (non-hydrogen) atoms. The van der Waals surface area contributed by atoms with Gasteiger partial charge in [-0.25, -0.2) is 14.4 Å². The van der Waals surface area contributed by atoms with E-state index in [9.17, 15) is 4.39 Å². The van der Waals surface area contributed by atoms with Gasteiger partial charge in [0.2, 0.25) is 0 Å². The first-order valence-electron chi connectivity index (χ1n) is 8.24. The van der Waals surface area contributed by atoms with Crippen LogP contribution < -0.4 is 4.74 Å². The summed E-state index contributed by atoms with van der Waals surface area (Å²) in [6, 6.07) is 13.4. The van der Waals surface area contributed by atoms with E-state index in [1.54, 1.807) is 23.5 Å². The molecule has 136 valence electrons. The van der Waals surface area contributed by atoms with Crippen LogP contribution in [0.1, 0.15) is 10.8 Å². The summed E-state index contributed by atoms with van der Waals surface area (Å²) in [5.74, 6) is 1.01. The minimum atomic E-state index is -0.298. The normalized spacial score (nSPS) is 10.9. The van der Waals surface area contributed by atoms with Gasteiger partial charge in [0, 0.05) is 23.1 Å². The van der Waals surface area contributed by atoms with Gasteiger partial charge in [0.05, 0.1) is 9.88 Å². The highest BCUT2D eigenvalue weighted by atomic mass is 35.5. The summed E-state index contributed by atoms with van der Waals surface area (Å²) in [6.07, 6.45) is 3.78. The van der Waals surface area contributed by atoms with Crippen LogP contribution >= 0.6 is 22.9 Å². The highest BCUT2D eigenvalue weighted by molar-refractivity contribution is 7.15. The van der Waals surface area contributed by atoms with Crippen LogP contribution in [0.2, 0.25) is 5.02 Å². The molecule has 0 radical (unpaired) electrons. The summed E-state index contributed by atoms with van der Waals surface area (Å²) < 4.78 is 20.8. The smallest absolute Gasteiger partial charge is 0.152 e. The number of thiazole rings is 1. The molecule has 2 heterocycles. The fraction of sp³-hybridized carbons (Fsp3) is 0.100. The second-order valence-electron chi connectivity index (χ2n) is 5.87. The summed E-state index contributed by atoms with van der Waals surface area (Å²) in [5.41, 5.74) is 1.75. The number of hydrogen-bond acceptors (Lipinski definition) is 4. The Morgan fingerprint density at radius 1 is 1.11 bits per heavy atom. The molecule has 4 aromatic rings. The van der Waals surface area contributed by atoms with Crippen LogP contribution in [0.5, 0.6) is 5.75 Å². The summed E-state index contributed by atoms with van der Waals surface area (Å²) in [6.45, 7) is 2.20. The van der Waals surface area contributed by atoms with E-state index in [4.69, 9.17) is 21.3 Å². The third-order valence-electron chi connectivity index (χ3n) is 3.94. The van der Waals surface area contributed by atoms with Gasteiger partial charge in [0.1, 0.15) is 23.9 Å². The van der Waals surface area contributed by atoms with E-state index in [0.717, 1.165) is 27.1 Å². The van der Waals surface area contributed by atoms with Crippen molar-refractivity contribution >= 4 is 22.9 Å². The van der Waals surface area contributed by atoms with Crippen LogP contribution in [0.4, 0.5) is 4.39 Å². The number of nitrogens with zero attached hydrogens (tertiary/aromatic N) is 3. The van der Waals surface area contributed by atoms with Crippen molar-refractivity contribution in [1.82, 2.24) is 14.5 Å². The largest absolute Gasteiger partial charge is 0.486 e. The minimum Gasteiger partial charge on any atom is -0.486 e. The van der Waals surface area contributed by atoms with Crippen molar-refractivity contribution in [2.45, 2.75) is 13.5 Å². The SMILES string of the molecule is Cc1ncc(-c2cn(-c3ccc(Cl)cc3)c(COc3ccc(F)cc3)n2)s1. The Morgan fingerprint density at radius 3 is 2.52 bits per heavy atom. The number of ether oxygens (including phenoxy) is 1. The number of aryl methyl sites for hydroxylation is 1. The van der Waals surface area contributed by atoms with E-state index in [-0.39, 0.29) is 12.4 Å². The maximum absolute atomic E-state index is 13.1. The number of aromatic nitrogens is 3. The average molecular weight is 400 g/mol. The van der Waals surface area contributed by atoms with Crippen molar-refractivity contribution < 1.29 is 9.13 Å². The molecule has 2 aromatic heterocycles. The number of halogens is 2. The third-order valence-corrected chi connectivity index (χ3v) is 5.13. The van der Waals surface area contributed by atoms with Crippen LogP contribution in [0.3, 0.4) is 0 Å². The first kappa shape index (κ1) is 17.7. The zero-order valence-electron chi connectivity index (χ0n) is 14.4. The number of rotatable bonds is 5. The molecule has 0 N–H and O–H groups in total. The van der Waals surface area contributed by atoms with Gasteiger partial charge >= 0.3 is 0 Å². The van der Waals surface area contributed by atoms with Crippen molar-refractivity contribution in [3.8, 4) is 22.0 Å². The molecule has 0 amide bonds. The van der Waals surface area contributed by atoms with Crippen LogP contribution in [-0.2, 0) is 6.61 Å². The Kier molecular flexibility index (Phi) is 4.92. The lowest BCUT2D eigenvalue weighted by atomic mass is 10.3. The second kappa shape index (κ2) is 7.50. The fourth-order valence-electron chi connectivity index (χ4n) is 2.62. The molecule has 0 fully saturated rings. The molecule has 0 bridgehead atoms. The topological polar surface area (TPSA) is 39.9 Å². The standard InChI is InChI=1S/C20H15ClFN3OS/c1-13-23-10-19(27-13)18-11-25(16-6-2-14(21)3-7-16)20(24-18)12-26-17-8-4-15(22)5-9-17/h2-11H,12H2,1H3. The lowest BCUT2D eigenvalue weighted by Crippen LogP contribution is -2.05. The Labute approximate surface area is 164 Å². The molecular formula is C20H15ClFN3OS. The molecule has 4 nitrogen and oxygen atoms in total. The van der Waals surface area contributed by atoms with E-state index >= 15 is 0 Å². The highest BCUT2D eigenvalue weighted by Gasteiger charge is 2.14. The first-order valence-corrected chi connectivity index (χ1v) is 9.43. The molecule has 0 unspecified atom stereocenters. The summed E-state index contributed by atoms with van der Waals surface area (Å²) in [5, 5.41) is 1.65. The molecule has 0 atom stereocenters. The Morgan fingerprint density at radius 2 is 1.85 bits per heavy atom. The average Bonchev–Trinajstić information content (AvgIpc) is 3.28. The van der Waals surface area contributed by atoms with E-state index < -0.39 is 0 Å². The molecule has 4 rings (SSSR count). The van der Waals surface area contributed by atoms with Gasteiger partial charge in [0.15, 0.2) is 5.82 Å². The summed E-state index contributed by atoms with van der Waals surface area (Å²) in [7, 11) is 0. The molecule has 0 spiro atoms. The summed E-state index contributed by atoms with van der Waals surface area (Å²) >= 11 is 7.60. The van der Waals surface area contributed by atoms with Crippen molar-refractivity contribution in [2.75, 3.05) is 0 Å². The number of imidazole rings is 1. The van der Waals surface area contributed by atoms with Crippen LogP contribution in [0, 0.1) is 12.7 Å². The van der Waals surface area contributed by atoms with Crippen molar-refractivity contribution in [2.24, 2.45) is 0 Å². The molecule has 0 saturated heterocycles. The third kappa shape index (κ3) is 4.02. The molecule has 0 saturated carbocycles. The molecular weight excluding hydrogens is 385 g/mol. The Bertz CT molecular complexity index is 1060. The van der Waals surface area contributed by atoms with E-state index in [1.807, 2.05) is 48.1 Å². The molecule has 7 heteroatoms. The van der Waals surface area contributed by atoms with Gasteiger partial charge in [-0.15, -0.1) is 11.3 Å². The maximum Gasteiger partial charge on any atom is 0.152 e. The lowest BCUT2D eigenvalue weighted by molar-refractivity contribution is 0.293. The van der Waals surface area contributed by atoms with Crippen LogP contribution in [0.25, 0.3) is 16.3 Å². The maximum atomic E-state index is 13.1. The van der Waals surface area contributed by atoms with Gasteiger partial charge in [-0.2, -0.15) is 0 Å². The number of hydrogen-bond donors (Lipinski definition) is 0. The van der Waals surface area contributed by atoms with Crippen molar-refractivity contribution in [3.05, 3.63) is 82.6 Å². The van der Waals surface area contributed by atoms with Crippen LogP contribution in [0.15, 0.2) is 60.9 Å². The Balaban J connectivity index is 1.68. The lowest BCUT2D eigenvalue weighted by Gasteiger charge is -2.09. The van der Waals surface area contributed by atoms with Crippen molar-refractivity contribution in [1.29, 1.82) is 0 Å².